The Bertz CT molecular complexity index is 704. The number of amides is 1. The van der Waals surface area contributed by atoms with Crippen molar-refractivity contribution in [3.63, 3.8) is 0 Å². The van der Waals surface area contributed by atoms with Crippen LogP contribution in [0.3, 0.4) is 0 Å². The number of hydrogen-bond donors (Lipinski definition) is 1. The number of Topliss-reactive ketones (excluding diaryl/α,β-unsaturated/α-hetero) is 1. The summed E-state index contributed by atoms with van der Waals surface area (Å²) in [6.07, 6.45) is 3.93. The van der Waals surface area contributed by atoms with E-state index >= 15 is 0 Å². The molecule has 0 bridgehead atoms. The van der Waals surface area contributed by atoms with Crippen LogP contribution in [0.25, 0.3) is 11.1 Å². The maximum Gasteiger partial charge on any atom is 0.234 e. The highest BCUT2D eigenvalue weighted by Gasteiger charge is 2.14. The van der Waals surface area contributed by atoms with Crippen molar-refractivity contribution in [3.8, 4) is 11.1 Å². The minimum atomic E-state index is -0.0730. The van der Waals surface area contributed by atoms with Crippen molar-refractivity contribution in [1.82, 2.24) is 10.4 Å². The highest BCUT2D eigenvalue weighted by Crippen LogP contribution is 2.20. The number of hydrogen-bond acceptors (Lipinski definition) is 3. The molecule has 1 saturated heterocycles. The lowest BCUT2D eigenvalue weighted by molar-refractivity contribution is -0.126. The standard InChI is InChI=1S/C21H24N2O2/c24-20(13-14-21(25)22-23-15-5-2-6-16-23)19-11-9-18(10-12-19)17-7-3-1-4-8-17/h1,3-4,7-12H,2,5-6,13-16H2,(H,22,25). The number of nitrogens with zero attached hydrogens (tertiary/aromatic N) is 1. The van der Waals surface area contributed by atoms with Gasteiger partial charge in [-0.1, -0.05) is 61.0 Å². The molecule has 4 heteroatoms. The van der Waals surface area contributed by atoms with Gasteiger partial charge in [0.25, 0.3) is 0 Å². The van der Waals surface area contributed by atoms with Gasteiger partial charge in [-0.25, -0.2) is 5.01 Å². The Balaban J connectivity index is 1.50. The third-order valence-electron chi connectivity index (χ3n) is 4.53. The predicted molar refractivity (Wildman–Crippen MR) is 99.0 cm³/mol. The van der Waals surface area contributed by atoms with Gasteiger partial charge >= 0.3 is 0 Å². The second kappa shape index (κ2) is 8.58. The number of hydrazine groups is 1. The Morgan fingerprint density at radius 2 is 1.44 bits per heavy atom. The molecule has 0 spiro atoms. The van der Waals surface area contributed by atoms with E-state index in [1.54, 1.807) is 0 Å². The van der Waals surface area contributed by atoms with Gasteiger partial charge in [-0.15, -0.1) is 0 Å². The van der Waals surface area contributed by atoms with E-state index in [-0.39, 0.29) is 24.5 Å². The van der Waals surface area contributed by atoms with Crippen molar-refractivity contribution >= 4 is 11.7 Å². The largest absolute Gasteiger partial charge is 0.294 e. The first kappa shape index (κ1) is 17.4. The lowest BCUT2D eigenvalue weighted by atomic mass is 10.0. The van der Waals surface area contributed by atoms with Crippen molar-refractivity contribution in [2.45, 2.75) is 32.1 Å². The normalized spacial score (nSPS) is 14.9. The van der Waals surface area contributed by atoms with Crippen molar-refractivity contribution in [3.05, 3.63) is 60.2 Å². The van der Waals surface area contributed by atoms with Gasteiger partial charge in [-0.05, 0) is 24.0 Å². The second-order valence-electron chi connectivity index (χ2n) is 6.45. The lowest BCUT2D eigenvalue weighted by Crippen LogP contribution is -2.45. The molecule has 1 amide bonds. The van der Waals surface area contributed by atoms with Gasteiger partial charge in [0.05, 0.1) is 0 Å². The molecular weight excluding hydrogens is 312 g/mol. The van der Waals surface area contributed by atoms with E-state index in [2.05, 4.69) is 5.43 Å². The summed E-state index contributed by atoms with van der Waals surface area (Å²) in [5.41, 5.74) is 5.77. The molecule has 25 heavy (non-hydrogen) atoms. The molecule has 0 saturated carbocycles. The number of carbonyl (C=O) groups is 2. The van der Waals surface area contributed by atoms with E-state index in [1.807, 2.05) is 59.6 Å². The zero-order valence-electron chi connectivity index (χ0n) is 14.4. The van der Waals surface area contributed by atoms with Crippen LogP contribution in [0.15, 0.2) is 54.6 Å². The fourth-order valence-electron chi connectivity index (χ4n) is 3.09. The summed E-state index contributed by atoms with van der Waals surface area (Å²) in [5.74, 6) is -0.0652. The number of ketones is 1. The first-order valence-electron chi connectivity index (χ1n) is 8.95. The van der Waals surface area contributed by atoms with Crippen LogP contribution in [0.2, 0.25) is 0 Å². The highest BCUT2D eigenvalue weighted by molar-refractivity contribution is 5.98. The van der Waals surface area contributed by atoms with E-state index in [1.165, 1.54) is 6.42 Å². The van der Waals surface area contributed by atoms with Crippen molar-refractivity contribution < 1.29 is 9.59 Å². The molecule has 2 aromatic rings. The molecule has 3 rings (SSSR count). The maximum atomic E-state index is 12.3. The number of carbonyl (C=O) groups excluding carboxylic acids is 2. The van der Waals surface area contributed by atoms with Crippen molar-refractivity contribution in [1.29, 1.82) is 0 Å². The number of piperidine rings is 1. The van der Waals surface area contributed by atoms with Gasteiger partial charge in [-0.3, -0.25) is 15.0 Å². The quantitative estimate of drug-likeness (QED) is 0.816. The van der Waals surface area contributed by atoms with E-state index in [4.69, 9.17) is 0 Å². The molecule has 0 unspecified atom stereocenters. The van der Waals surface area contributed by atoms with Crippen LogP contribution >= 0.6 is 0 Å². The monoisotopic (exact) mass is 336 g/mol. The molecule has 1 N–H and O–H groups in total. The average molecular weight is 336 g/mol. The van der Waals surface area contributed by atoms with Crippen molar-refractivity contribution in [2.24, 2.45) is 0 Å². The number of benzene rings is 2. The Morgan fingerprint density at radius 1 is 0.800 bits per heavy atom. The summed E-state index contributed by atoms with van der Waals surface area (Å²) < 4.78 is 0. The molecular formula is C21H24N2O2. The molecule has 1 aliphatic rings. The van der Waals surface area contributed by atoms with Crippen LogP contribution in [0.1, 0.15) is 42.5 Å². The average Bonchev–Trinajstić information content (AvgIpc) is 2.68. The van der Waals surface area contributed by atoms with Crippen LogP contribution < -0.4 is 5.43 Å². The van der Waals surface area contributed by atoms with Crippen LogP contribution in [0.4, 0.5) is 0 Å². The fourth-order valence-corrected chi connectivity index (χ4v) is 3.09. The number of nitrogens with one attached hydrogen (secondary N) is 1. The third kappa shape index (κ3) is 5.00. The summed E-state index contributed by atoms with van der Waals surface area (Å²) >= 11 is 0. The molecule has 0 aromatic heterocycles. The Labute approximate surface area is 148 Å². The van der Waals surface area contributed by atoms with Gasteiger partial charge in [0.1, 0.15) is 0 Å². The predicted octanol–water partition coefficient (Wildman–Crippen LogP) is 3.83. The van der Waals surface area contributed by atoms with Crippen LogP contribution in [-0.4, -0.2) is 29.8 Å². The second-order valence-corrected chi connectivity index (χ2v) is 6.45. The molecule has 0 aliphatic carbocycles. The van der Waals surface area contributed by atoms with Gasteiger partial charge in [-0.2, -0.15) is 0 Å². The van der Waals surface area contributed by atoms with Crippen LogP contribution in [0.5, 0.6) is 0 Å². The molecule has 0 radical (unpaired) electrons. The van der Waals surface area contributed by atoms with Crippen LogP contribution in [0, 0.1) is 0 Å². The molecule has 1 fully saturated rings. The Kier molecular flexibility index (Phi) is 5.96. The van der Waals surface area contributed by atoms with E-state index in [0.29, 0.717) is 5.56 Å². The van der Waals surface area contributed by atoms with Crippen molar-refractivity contribution in [2.75, 3.05) is 13.1 Å². The molecule has 1 heterocycles. The molecule has 2 aromatic carbocycles. The zero-order chi connectivity index (χ0) is 17.5. The SMILES string of the molecule is O=C(CCC(=O)c1ccc(-c2ccccc2)cc1)NN1CCCCC1. The number of rotatable bonds is 6. The molecule has 130 valence electrons. The summed E-state index contributed by atoms with van der Waals surface area (Å²) in [7, 11) is 0. The van der Waals surface area contributed by atoms with E-state index in [9.17, 15) is 9.59 Å². The highest BCUT2D eigenvalue weighted by atomic mass is 16.2. The van der Waals surface area contributed by atoms with E-state index < -0.39 is 0 Å². The molecule has 0 atom stereocenters. The van der Waals surface area contributed by atoms with Gasteiger partial charge in [0.2, 0.25) is 5.91 Å². The smallest absolute Gasteiger partial charge is 0.234 e. The first-order valence-corrected chi connectivity index (χ1v) is 8.95. The Hall–Kier alpha value is -2.46. The first-order chi connectivity index (χ1) is 12.2. The zero-order valence-corrected chi connectivity index (χ0v) is 14.4. The lowest BCUT2D eigenvalue weighted by Gasteiger charge is -2.26. The van der Waals surface area contributed by atoms with Gasteiger partial charge in [0.15, 0.2) is 5.78 Å². The molecule has 1 aliphatic heterocycles. The topological polar surface area (TPSA) is 49.4 Å². The minimum absolute atomic E-state index is 0.00778. The summed E-state index contributed by atoms with van der Waals surface area (Å²) in [6.45, 7) is 1.81. The van der Waals surface area contributed by atoms with Crippen LogP contribution in [-0.2, 0) is 4.79 Å². The maximum absolute atomic E-state index is 12.3. The minimum Gasteiger partial charge on any atom is -0.294 e. The molecule has 4 nitrogen and oxygen atoms in total. The Morgan fingerprint density at radius 3 is 2.12 bits per heavy atom. The summed E-state index contributed by atoms with van der Waals surface area (Å²) in [4.78, 5) is 24.3. The summed E-state index contributed by atoms with van der Waals surface area (Å²) in [6, 6.07) is 17.7. The summed E-state index contributed by atoms with van der Waals surface area (Å²) in [5, 5.41) is 1.96. The third-order valence-corrected chi connectivity index (χ3v) is 4.53. The van der Waals surface area contributed by atoms with Gasteiger partial charge < -0.3 is 0 Å². The van der Waals surface area contributed by atoms with E-state index in [0.717, 1.165) is 37.1 Å². The van der Waals surface area contributed by atoms with Gasteiger partial charge in [0, 0.05) is 31.5 Å². The fraction of sp³-hybridized carbons (Fsp3) is 0.333.